The molecule has 2 heterocycles. The van der Waals surface area contributed by atoms with Crippen LogP contribution in [0.1, 0.15) is 52.9 Å². The number of fused-ring (bicyclic) bond motifs is 1. The minimum atomic E-state index is -1.78. The molecule has 5 heteroatoms. The first-order valence-corrected chi connectivity index (χ1v) is 8.70. The predicted molar refractivity (Wildman–Crippen MR) is 84.4 cm³/mol. The molecule has 0 spiro atoms. The molecule has 4 unspecified atom stereocenters. The Morgan fingerprint density at radius 2 is 2.09 bits per heavy atom. The van der Waals surface area contributed by atoms with Crippen LogP contribution >= 0.6 is 0 Å². The molecule has 0 saturated carbocycles. The van der Waals surface area contributed by atoms with Gasteiger partial charge in [0.05, 0.1) is 12.7 Å². The molecule has 128 valence electrons. The first-order chi connectivity index (χ1) is 10.4. The summed E-state index contributed by atoms with van der Waals surface area (Å²) in [6.45, 7) is 8.21. The van der Waals surface area contributed by atoms with Gasteiger partial charge in [0.15, 0.2) is 5.60 Å². The summed E-state index contributed by atoms with van der Waals surface area (Å²) in [5, 5.41) is 20.7. The van der Waals surface area contributed by atoms with E-state index in [0.29, 0.717) is 25.0 Å². The summed E-state index contributed by atoms with van der Waals surface area (Å²) >= 11 is 0. The summed E-state index contributed by atoms with van der Waals surface area (Å²) in [5.74, 6) is -0.184. The lowest BCUT2D eigenvalue weighted by atomic mass is 9.86. The number of hydrogen-bond acceptors (Lipinski definition) is 5. The molecule has 2 aliphatic heterocycles. The van der Waals surface area contributed by atoms with Crippen molar-refractivity contribution in [1.29, 1.82) is 0 Å². The average molecular weight is 313 g/mol. The van der Waals surface area contributed by atoms with Crippen molar-refractivity contribution >= 4 is 5.97 Å². The number of esters is 1. The smallest absolute Gasteiger partial charge is 0.340 e. The van der Waals surface area contributed by atoms with Crippen molar-refractivity contribution in [3.8, 4) is 0 Å². The summed E-state index contributed by atoms with van der Waals surface area (Å²) in [7, 11) is 0. The van der Waals surface area contributed by atoms with Crippen LogP contribution in [-0.4, -0.2) is 58.5 Å². The third kappa shape index (κ3) is 3.63. The van der Waals surface area contributed by atoms with E-state index in [1.807, 2.05) is 13.8 Å². The molecule has 0 aliphatic carbocycles. The van der Waals surface area contributed by atoms with E-state index < -0.39 is 17.7 Å². The summed E-state index contributed by atoms with van der Waals surface area (Å²) in [6, 6.07) is 0.530. The predicted octanol–water partition coefficient (Wildman–Crippen LogP) is 1.56. The lowest BCUT2D eigenvalue weighted by molar-refractivity contribution is -0.183. The van der Waals surface area contributed by atoms with Crippen LogP contribution in [0.25, 0.3) is 0 Å². The quantitative estimate of drug-likeness (QED) is 0.698. The highest BCUT2D eigenvalue weighted by Gasteiger charge is 2.45. The summed E-state index contributed by atoms with van der Waals surface area (Å²) in [6.07, 6.45) is 2.93. The zero-order chi connectivity index (χ0) is 16.3. The van der Waals surface area contributed by atoms with E-state index in [1.165, 1.54) is 12.8 Å². The number of aliphatic hydroxyl groups is 2. The minimum Gasteiger partial charge on any atom is -0.463 e. The van der Waals surface area contributed by atoms with Crippen LogP contribution in [0.2, 0.25) is 0 Å². The van der Waals surface area contributed by atoms with Crippen LogP contribution in [0.4, 0.5) is 0 Å². The van der Waals surface area contributed by atoms with Gasteiger partial charge in [-0.1, -0.05) is 20.8 Å². The Morgan fingerprint density at radius 3 is 2.73 bits per heavy atom. The second-order valence-electron chi connectivity index (χ2n) is 7.34. The maximum absolute atomic E-state index is 12.4. The van der Waals surface area contributed by atoms with E-state index in [-0.39, 0.29) is 12.3 Å². The molecule has 5 nitrogen and oxygen atoms in total. The average Bonchev–Trinajstić information content (AvgIpc) is 3.06. The van der Waals surface area contributed by atoms with Gasteiger partial charge in [-0.05, 0) is 51.1 Å². The number of hydrogen-bond donors (Lipinski definition) is 2. The first kappa shape index (κ1) is 17.7. The fourth-order valence-electron chi connectivity index (χ4n) is 4.01. The molecular weight excluding hydrogens is 282 g/mol. The van der Waals surface area contributed by atoms with Crippen LogP contribution in [0.15, 0.2) is 0 Å². The van der Waals surface area contributed by atoms with Gasteiger partial charge in [0.1, 0.15) is 0 Å². The van der Waals surface area contributed by atoms with Gasteiger partial charge in [0.25, 0.3) is 0 Å². The fraction of sp³-hybridized carbons (Fsp3) is 0.941. The SMILES string of the molecule is CCC(O)C(O)(CC(C)C)C(=O)OCC1CCN2CCCC12. The normalized spacial score (nSPS) is 29.4. The molecule has 0 radical (unpaired) electrons. The third-order valence-corrected chi connectivity index (χ3v) is 5.18. The van der Waals surface area contributed by atoms with Gasteiger partial charge in [-0.3, -0.25) is 4.90 Å². The summed E-state index contributed by atoms with van der Waals surface area (Å²) < 4.78 is 5.45. The molecule has 0 aromatic carbocycles. The van der Waals surface area contributed by atoms with Gasteiger partial charge in [0.2, 0.25) is 0 Å². The minimum absolute atomic E-state index is 0.107. The number of nitrogens with zero attached hydrogens (tertiary/aromatic N) is 1. The topological polar surface area (TPSA) is 70.0 Å². The number of aliphatic hydroxyl groups excluding tert-OH is 1. The Bertz CT molecular complexity index is 387. The van der Waals surface area contributed by atoms with Gasteiger partial charge in [-0.25, -0.2) is 4.79 Å². The fourth-order valence-corrected chi connectivity index (χ4v) is 4.01. The molecule has 0 aromatic rings. The van der Waals surface area contributed by atoms with E-state index in [4.69, 9.17) is 4.74 Å². The van der Waals surface area contributed by atoms with E-state index in [1.54, 1.807) is 6.92 Å². The van der Waals surface area contributed by atoms with Gasteiger partial charge >= 0.3 is 5.97 Å². The Kier molecular flexibility index (Phi) is 5.86. The summed E-state index contributed by atoms with van der Waals surface area (Å²) in [5.41, 5.74) is -1.78. The van der Waals surface area contributed by atoms with E-state index in [2.05, 4.69) is 4.90 Å². The molecule has 2 fully saturated rings. The van der Waals surface area contributed by atoms with Crippen molar-refractivity contribution < 1.29 is 19.7 Å². The highest BCUT2D eigenvalue weighted by Crippen LogP contribution is 2.33. The van der Waals surface area contributed by atoms with Crippen LogP contribution in [0.3, 0.4) is 0 Å². The lowest BCUT2D eigenvalue weighted by Gasteiger charge is -2.32. The van der Waals surface area contributed by atoms with Gasteiger partial charge < -0.3 is 14.9 Å². The Hall–Kier alpha value is -0.650. The molecule has 0 amide bonds. The Morgan fingerprint density at radius 1 is 1.36 bits per heavy atom. The van der Waals surface area contributed by atoms with Crippen molar-refractivity contribution in [3.05, 3.63) is 0 Å². The maximum atomic E-state index is 12.4. The van der Waals surface area contributed by atoms with Crippen molar-refractivity contribution in [3.63, 3.8) is 0 Å². The van der Waals surface area contributed by atoms with E-state index >= 15 is 0 Å². The molecule has 22 heavy (non-hydrogen) atoms. The zero-order valence-corrected chi connectivity index (χ0v) is 14.1. The van der Waals surface area contributed by atoms with Crippen LogP contribution < -0.4 is 0 Å². The molecule has 0 bridgehead atoms. The molecular formula is C17H31NO4. The monoisotopic (exact) mass is 313 g/mol. The molecule has 4 atom stereocenters. The zero-order valence-electron chi connectivity index (χ0n) is 14.1. The summed E-state index contributed by atoms with van der Waals surface area (Å²) in [4.78, 5) is 14.9. The van der Waals surface area contributed by atoms with Crippen LogP contribution in [-0.2, 0) is 9.53 Å². The van der Waals surface area contributed by atoms with Gasteiger partial charge in [-0.15, -0.1) is 0 Å². The van der Waals surface area contributed by atoms with Gasteiger partial charge in [-0.2, -0.15) is 0 Å². The Balaban J connectivity index is 1.93. The third-order valence-electron chi connectivity index (χ3n) is 5.18. The van der Waals surface area contributed by atoms with Crippen molar-refractivity contribution in [2.24, 2.45) is 11.8 Å². The van der Waals surface area contributed by atoms with Crippen LogP contribution in [0.5, 0.6) is 0 Å². The number of ether oxygens (including phenoxy) is 1. The van der Waals surface area contributed by atoms with E-state index in [9.17, 15) is 15.0 Å². The molecule has 2 N–H and O–H groups in total. The highest BCUT2D eigenvalue weighted by molar-refractivity contribution is 5.80. The lowest BCUT2D eigenvalue weighted by Crippen LogP contribution is -2.51. The Labute approximate surface area is 133 Å². The standard InChI is InChI=1S/C17H31NO4/c1-4-15(19)17(21,10-12(2)3)16(20)22-11-13-7-9-18-8-5-6-14(13)18/h12-15,19,21H,4-11H2,1-3H3. The first-order valence-electron chi connectivity index (χ1n) is 8.70. The van der Waals surface area contributed by atoms with Crippen molar-refractivity contribution in [2.45, 2.75) is 70.6 Å². The number of carbonyl (C=O) groups is 1. The largest absolute Gasteiger partial charge is 0.463 e. The molecule has 0 aromatic heterocycles. The molecule has 2 saturated heterocycles. The second kappa shape index (κ2) is 7.28. The molecule has 2 aliphatic rings. The van der Waals surface area contributed by atoms with Crippen LogP contribution in [0, 0.1) is 11.8 Å². The number of carbonyl (C=O) groups excluding carboxylic acids is 1. The van der Waals surface area contributed by atoms with Gasteiger partial charge in [0, 0.05) is 12.0 Å². The van der Waals surface area contributed by atoms with Crippen molar-refractivity contribution in [2.75, 3.05) is 19.7 Å². The maximum Gasteiger partial charge on any atom is 0.340 e. The highest BCUT2D eigenvalue weighted by atomic mass is 16.6. The van der Waals surface area contributed by atoms with Crippen molar-refractivity contribution in [1.82, 2.24) is 4.90 Å². The molecule has 2 rings (SSSR count). The number of rotatable bonds is 7. The second-order valence-corrected chi connectivity index (χ2v) is 7.34. The van der Waals surface area contributed by atoms with E-state index in [0.717, 1.165) is 19.5 Å².